The van der Waals surface area contributed by atoms with Crippen LogP contribution in [-0.4, -0.2) is 10.8 Å². The van der Waals surface area contributed by atoms with Crippen molar-refractivity contribution in [2.24, 2.45) is 11.8 Å². The number of hydrazine groups is 1. The van der Waals surface area contributed by atoms with Crippen molar-refractivity contribution in [1.82, 2.24) is 5.01 Å². The van der Waals surface area contributed by atoms with Gasteiger partial charge in [-0.3, -0.25) is 4.79 Å². The van der Waals surface area contributed by atoms with Crippen molar-refractivity contribution >= 4 is 5.78 Å². The van der Waals surface area contributed by atoms with Gasteiger partial charge in [-0.15, -0.1) is 0 Å². The monoisotopic (exact) mass is 254 g/mol. The van der Waals surface area contributed by atoms with Crippen molar-refractivity contribution < 1.29 is 4.79 Å². The van der Waals surface area contributed by atoms with Crippen LogP contribution in [0.15, 0.2) is 42.1 Å². The van der Waals surface area contributed by atoms with Crippen LogP contribution in [0.4, 0.5) is 0 Å². The standard InChI is InChI=1S/C14H14N4O/c1-11(14(19)13(7-15)8-16)9-18(17)10-12-5-3-2-4-6-12/h2-6,9,13H,10,17H2,1H3. The van der Waals surface area contributed by atoms with Crippen LogP contribution in [0.1, 0.15) is 12.5 Å². The molecule has 5 nitrogen and oxygen atoms in total. The number of nitriles is 2. The van der Waals surface area contributed by atoms with Crippen molar-refractivity contribution in [1.29, 1.82) is 10.5 Å². The number of hydrogen-bond acceptors (Lipinski definition) is 5. The van der Waals surface area contributed by atoms with E-state index in [1.165, 1.54) is 18.1 Å². The lowest BCUT2D eigenvalue weighted by molar-refractivity contribution is -0.116. The average Bonchev–Trinajstić information content (AvgIpc) is 2.40. The predicted octanol–water partition coefficient (Wildman–Crippen LogP) is 1.50. The summed E-state index contributed by atoms with van der Waals surface area (Å²) in [6, 6.07) is 12.8. The third-order valence-corrected chi connectivity index (χ3v) is 2.48. The molecule has 0 aliphatic heterocycles. The second-order valence-electron chi connectivity index (χ2n) is 4.03. The highest BCUT2D eigenvalue weighted by atomic mass is 16.1. The first-order valence-electron chi connectivity index (χ1n) is 5.65. The van der Waals surface area contributed by atoms with Crippen LogP contribution in [0.3, 0.4) is 0 Å². The third kappa shape index (κ3) is 4.27. The van der Waals surface area contributed by atoms with E-state index in [4.69, 9.17) is 16.4 Å². The van der Waals surface area contributed by atoms with E-state index >= 15 is 0 Å². The highest BCUT2D eigenvalue weighted by Gasteiger charge is 2.18. The minimum atomic E-state index is -1.28. The Hall–Kier alpha value is -2.63. The van der Waals surface area contributed by atoms with Crippen LogP contribution < -0.4 is 5.84 Å². The molecule has 0 bridgehead atoms. The Morgan fingerprint density at radius 3 is 2.47 bits per heavy atom. The fourth-order valence-corrected chi connectivity index (χ4v) is 1.53. The molecule has 96 valence electrons. The van der Waals surface area contributed by atoms with Gasteiger partial charge >= 0.3 is 0 Å². The molecule has 0 aliphatic rings. The number of ketones is 1. The van der Waals surface area contributed by atoms with E-state index < -0.39 is 11.7 Å². The van der Waals surface area contributed by atoms with Crippen molar-refractivity contribution in [2.75, 3.05) is 0 Å². The van der Waals surface area contributed by atoms with Gasteiger partial charge in [0.1, 0.15) is 0 Å². The molecule has 0 fully saturated rings. The van der Waals surface area contributed by atoms with E-state index in [1.54, 1.807) is 12.1 Å². The SMILES string of the molecule is CC(=CN(N)Cc1ccccc1)C(=O)C(C#N)C#N. The van der Waals surface area contributed by atoms with Crippen molar-refractivity contribution in [3.8, 4) is 12.1 Å². The van der Waals surface area contributed by atoms with E-state index in [2.05, 4.69) is 0 Å². The van der Waals surface area contributed by atoms with Crippen LogP contribution in [0.25, 0.3) is 0 Å². The first-order chi connectivity index (χ1) is 9.08. The van der Waals surface area contributed by atoms with E-state index in [-0.39, 0.29) is 5.57 Å². The first kappa shape index (κ1) is 14.4. The summed E-state index contributed by atoms with van der Waals surface area (Å²) in [6.45, 7) is 1.98. The number of hydrogen-bond donors (Lipinski definition) is 1. The van der Waals surface area contributed by atoms with Crippen LogP contribution in [0.5, 0.6) is 0 Å². The molecular formula is C14H14N4O. The maximum absolute atomic E-state index is 11.7. The molecule has 0 heterocycles. The number of Topliss-reactive ketones (excluding diaryl/α,β-unsaturated/α-hetero) is 1. The van der Waals surface area contributed by atoms with E-state index in [0.717, 1.165) is 5.56 Å². The highest BCUT2D eigenvalue weighted by Crippen LogP contribution is 2.07. The van der Waals surface area contributed by atoms with Crippen molar-refractivity contribution in [3.63, 3.8) is 0 Å². The van der Waals surface area contributed by atoms with Crippen molar-refractivity contribution in [2.45, 2.75) is 13.5 Å². The minimum absolute atomic E-state index is 0.284. The van der Waals surface area contributed by atoms with Crippen LogP contribution in [0.2, 0.25) is 0 Å². The zero-order chi connectivity index (χ0) is 14.3. The molecule has 0 saturated heterocycles. The van der Waals surface area contributed by atoms with Gasteiger partial charge in [0.25, 0.3) is 0 Å². The molecule has 1 rings (SSSR count). The summed E-state index contributed by atoms with van der Waals surface area (Å²) < 4.78 is 0. The Labute approximate surface area is 112 Å². The van der Waals surface area contributed by atoms with Crippen LogP contribution in [-0.2, 0) is 11.3 Å². The maximum atomic E-state index is 11.7. The molecule has 1 aromatic carbocycles. The van der Waals surface area contributed by atoms with Gasteiger partial charge in [0.2, 0.25) is 0 Å². The number of nitrogens with two attached hydrogens (primary N) is 1. The van der Waals surface area contributed by atoms with Gasteiger partial charge in [0.15, 0.2) is 11.7 Å². The van der Waals surface area contributed by atoms with Crippen LogP contribution >= 0.6 is 0 Å². The topological polar surface area (TPSA) is 93.9 Å². The minimum Gasteiger partial charge on any atom is -0.314 e. The van der Waals surface area contributed by atoms with Gasteiger partial charge in [-0.1, -0.05) is 30.3 Å². The van der Waals surface area contributed by atoms with Gasteiger partial charge in [0, 0.05) is 11.8 Å². The Morgan fingerprint density at radius 1 is 1.37 bits per heavy atom. The Balaban J connectivity index is 2.72. The molecule has 0 spiro atoms. The Morgan fingerprint density at radius 2 is 1.95 bits per heavy atom. The molecule has 0 radical (unpaired) electrons. The molecule has 0 atom stereocenters. The predicted molar refractivity (Wildman–Crippen MR) is 69.7 cm³/mol. The number of allylic oxidation sites excluding steroid dienone is 1. The van der Waals surface area contributed by atoms with Gasteiger partial charge in [-0.25, -0.2) is 5.84 Å². The molecular weight excluding hydrogens is 240 g/mol. The average molecular weight is 254 g/mol. The quantitative estimate of drug-likeness (QED) is 0.488. The fourth-order valence-electron chi connectivity index (χ4n) is 1.53. The summed E-state index contributed by atoms with van der Waals surface area (Å²) in [6.07, 6.45) is 1.44. The lowest BCUT2D eigenvalue weighted by atomic mass is 10.0. The molecule has 0 aliphatic carbocycles. The lowest BCUT2D eigenvalue weighted by Crippen LogP contribution is -2.26. The summed E-state index contributed by atoms with van der Waals surface area (Å²) >= 11 is 0. The zero-order valence-corrected chi connectivity index (χ0v) is 10.6. The largest absolute Gasteiger partial charge is 0.314 e. The highest BCUT2D eigenvalue weighted by molar-refractivity contribution is 5.99. The molecule has 5 heteroatoms. The summed E-state index contributed by atoms with van der Waals surface area (Å²) in [5.41, 5.74) is 1.28. The number of carbonyl (C=O) groups is 1. The molecule has 19 heavy (non-hydrogen) atoms. The van der Waals surface area contributed by atoms with E-state index in [0.29, 0.717) is 6.54 Å². The summed E-state index contributed by atoms with van der Waals surface area (Å²) in [5, 5.41) is 18.7. The van der Waals surface area contributed by atoms with Gasteiger partial charge in [-0.2, -0.15) is 10.5 Å². The van der Waals surface area contributed by atoms with Crippen LogP contribution in [0, 0.1) is 28.6 Å². The smallest absolute Gasteiger partial charge is 0.195 e. The summed E-state index contributed by atoms with van der Waals surface area (Å²) in [5.74, 6) is 3.97. The molecule has 1 aromatic rings. The molecule has 0 aromatic heterocycles. The maximum Gasteiger partial charge on any atom is 0.195 e. The fraction of sp³-hybridized carbons (Fsp3) is 0.214. The zero-order valence-electron chi connectivity index (χ0n) is 10.6. The summed E-state index contributed by atoms with van der Waals surface area (Å²) in [7, 11) is 0. The van der Waals surface area contributed by atoms with Gasteiger partial charge < -0.3 is 5.01 Å². The summed E-state index contributed by atoms with van der Waals surface area (Å²) in [4.78, 5) is 11.7. The Bertz CT molecular complexity index is 537. The van der Waals surface area contributed by atoms with E-state index in [9.17, 15) is 4.79 Å². The third-order valence-electron chi connectivity index (χ3n) is 2.48. The molecule has 0 saturated carbocycles. The second kappa shape index (κ2) is 6.95. The molecule has 0 unspecified atom stereocenters. The molecule has 0 amide bonds. The number of benzene rings is 1. The normalized spacial score (nSPS) is 10.7. The first-order valence-corrected chi connectivity index (χ1v) is 5.65. The van der Waals surface area contributed by atoms with Gasteiger partial charge in [0.05, 0.1) is 18.7 Å². The number of nitrogens with zero attached hydrogens (tertiary/aromatic N) is 3. The Kier molecular flexibility index (Phi) is 5.28. The number of carbonyl (C=O) groups excluding carboxylic acids is 1. The van der Waals surface area contributed by atoms with E-state index in [1.807, 2.05) is 30.3 Å². The van der Waals surface area contributed by atoms with Crippen molar-refractivity contribution in [3.05, 3.63) is 47.7 Å². The molecule has 2 N–H and O–H groups in total. The number of rotatable bonds is 5. The second-order valence-corrected chi connectivity index (χ2v) is 4.03. The van der Waals surface area contributed by atoms with Gasteiger partial charge in [-0.05, 0) is 12.5 Å². The lowest BCUT2D eigenvalue weighted by Gasteiger charge is -2.15.